The van der Waals surface area contributed by atoms with E-state index in [1.54, 1.807) is 32.9 Å². The minimum atomic E-state index is -0.738. The first-order valence-electron chi connectivity index (χ1n) is 5.51. The Morgan fingerprint density at radius 3 is 2.59 bits per heavy atom. The van der Waals surface area contributed by atoms with Gasteiger partial charge in [0.25, 0.3) is 0 Å². The van der Waals surface area contributed by atoms with Crippen molar-refractivity contribution in [3.8, 4) is 0 Å². The number of ketones is 1. The highest BCUT2D eigenvalue weighted by Crippen LogP contribution is 2.24. The van der Waals surface area contributed by atoms with E-state index in [1.165, 1.54) is 4.57 Å². The molecule has 0 saturated heterocycles. The number of carbonyl (C=O) groups is 1. The lowest BCUT2D eigenvalue weighted by Gasteiger charge is -2.16. The van der Waals surface area contributed by atoms with Crippen LogP contribution in [0.1, 0.15) is 31.4 Å². The van der Waals surface area contributed by atoms with Gasteiger partial charge in [-0.15, -0.1) is 0 Å². The lowest BCUT2D eigenvalue weighted by Crippen LogP contribution is -2.24. The fourth-order valence-corrected chi connectivity index (χ4v) is 1.71. The second-order valence-electron chi connectivity index (χ2n) is 5.05. The Labute approximate surface area is 99.3 Å². The summed E-state index contributed by atoms with van der Waals surface area (Å²) in [6, 6.07) is 7.17. The van der Waals surface area contributed by atoms with Crippen LogP contribution in [0.15, 0.2) is 24.3 Å². The van der Waals surface area contributed by atoms with Crippen molar-refractivity contribution in [2.45, 2.75) is 27.6 Å². The van der Waals surface area contributed by atoms with Crippen molar-refractivity contribution < 1.29 is 9.18 Å². The van der Waals surface area contributed by atoms with E-state index < -0.39 is 12.2 Å². The van der Waals surface area contributed by atoms with Crippen LogP contribution in [0, 0.1) is 5.41 Å². The molecule has 0 amide bonds. The second-order valence-corrected chi connectivity index (χ2v) is 5.05. The molecule has 0 N–H and O–H groups in total. The Balaban J connectivity index is 2.66. The van der Waals surface area contributed by atoms with Crippen LogP contribution in [0.25, 0.3) is 11.0 Å². The zero-order valence-electron chi connectivity index (χ0n) is 10.2. The van der Waals surface area contributed by atoms with Gasteiger partial charge in [-0.1, -0.05) is 32.9 Å². The molecule has 4 heteroatoms. The van der Waals surface area contributed by atoms with Crippen molar-refractivity contribution in [3.63, 3.8) is 0 Å². The molecule has 0 bridgehead atoms. The molecule has 0 fully saturated rings. The number of Topliss-reactive ketones (excluding diaryl/α,β-unsaturated/α-hetero) is 1. The monoisotopic (exact) mass is 234 g/mol. The predicted octanol–water partition coefficient (Wildman–Crippen LogP) is 3.19. The maximum atomic E-state index is 13.1. The van der Waals surface area contributed by atoms with Crippen LogP contribution in [-0.2, 0) is 6.80 Å². The van der Waals surface area contributed by atoms with Gasteiger partial charge in [-0.2, -0.15) is 0 Å². The molecule has 1 heterocycles. The van der Waals surface area contributed by atoms with Crippen molar-refractivity contribution in [1.82, 2.24) is 9.55 Å². The number of imidazole rings is 1. The zero-order valence-corrected chi connectivity index (χ0v) is 10.2. The number of alkyl halides is 1. The Morgan fingerprint density at radius 2 is 2.00 bits per heavy atom. The van der Waals surface area contributed by atoms with Crippen LogP contribution in [0.3, 0.4) is 0 Å². The Kier molecular flexibility index (Phi) is 2.73. The Bertz CT molecular complexity index is 566. The topological polar surface area (TPSA) is 34.9 Å². The highest BCUT2D eigenvalue weighted by Gasteiger charge is 2.28. The lowest BCUT2D eigenvalue weighted by atomic mass is 9.90. The molecule has 1 aromatic carbocycles. The van der Waals surface area contributed by atoms with E-state index in [-0.39, 0.29) is 11.6 Å². The minimum absolute atomic E-state index is 0.147. The van der Waals surface area contributed by atoms with Crippen molar-refractivity contribution in [1.29, 1.82) is 0 Å². The van der Waals surface area contributed by atoms with Crippen LogP contribution in [-0.4, -0.2) is 15.3 Å². The standard InChI is InChI=1S/C13H15FN2O/c1-13(2,3)11(17)12-15-9-6-4-5-7-10(9)16(12)8-14/h4-7H,8H2,1-3H3. The number of hydrogen-bond acceptors (Lipinski definition) is 2. The van der Waals surface area contributed by atoms with Crippen molar-refractivity contribution in [3.05, 3.63) is 30.1 Å². The van der Waals surface area contributed by atoms with Crippen molar-refractivity contribution in [2.75, 3.05) is 0 Å². The molecule has 0 radical (unpaired) electrons. The van der Waals surface area contributed by atoms with Crippen LogP contribution < -0.4 is 0 Å². The number of hydrogen-bond donors (Lipinski definition) is 0. The molecule has 0 spiro atoms. The molecular weight excluding hydrogens is 219 g/mol. The second kappa shape index (κ2) is 3.95. The van der Waals surface area contributed by atoms with Gasteiger partial charge in [0.15, 0.2) is 12.6 Å². The van der Waals surface area contributed by atoms with Gasteiger partial charge in [-0.05, 0) is 12.1 Å². The third kappa shape index (κ3) is 1.95. The highest BCUT2D eigenvalue weighted by atomic mass is 19.1. The summed E-state index contributed by atoms with van der Waals surface area (Å²) in [5.41, 5.74) is 0.745. The first-order chi connectivity index (χ1) is 7.95. The summed E-state index contributed by atoms with van der Waals surface area (Å²) in [4.78, 5) is 16.4. The van der Waals surface area contributed by atoms with Gasteiger partial charge >= 0.3 is 0 Å². The lowest BCUT2D eigenvalue weighted by molar-refractivity contribution is 0.0839. The maximum absolute atomic E-state index is 13.1. The molecule has 90 valence electrons. The molecule has 2 aromatic rings. The minimum Gasteiger partial charge on any atom is -0.293 e. The number of halogens is 1. The highest BCUT2D eigenvalue weighted by molar-refractivity contribution is 5.99. The van der Waals surface area contributed by atoms with Crippen molar-refractivity contribution >= 4 is 16.8 Å². The average Bonchev–Trinajstić information content (AvgIpc) is 2.64. The number of rotatable bonds is 2. The van der Waals surface area contributed by atoms with Crippen LogP contribution in [0.4, 0.5) is 4.39 Å². The molecule has 1 aromatic heterocycles. The zero-order chi connectivity index (χ0) is 12.6. The molecule has 3 nitrogen and oxygen atoms in total. The summed E-state index contributed by atoms with van der Waals surface area (Å²) < 4.78 is 14.4. The van der Waals surface area contributed by atoms with Crippen LogP contribution >= 0.6 is 0 Å². The number of carbonyl (C=O) groups excluding carboxylic acids is 1. The molecular formula is C13H15FN2O. The summed E-state index contributed by atoms with van der Waals surface area (Å²) in [6.07, 6.45) is 0. The fourth-order valence-electron chi connectivity index (χ4n) is 1.71. The van der Waals surface area contributed by atoms with E-state index in [1.807, 2.05) is 12.1 Å². The summed E-state index contributed by atoms with van der Waals surface area (Å²) in [6.45, 7) is 4.67. The third-order valence-electron chi connectivity index (χ3n) is 2.66. The Morgan fingerprint density at radius 1 is 1.35 bits per heavy atom. The Hall–Kier alpha value is -1.71. The molecule has 0 aliphatic rings. The summed E-state index contributed by atoms with van der Waals surface area (Å²) in [5.74, 6) is 0.0487. The fraction of sp³-hybridized carbons (Fsp3) is 0.385. The molecule has 2 rings (SSSR count). The van der Waals surface area contributed by atoms with E-state index in [0.717, 1.165) is 0 Å². The van der Waals surface area contributed by atoms with Crippen LogP contribution in [0.2, 0.25) is 0 Å². The first-order valence-corrected chi connectivity index (χ1v) is 5.51. The number of fused-ring (bicyclic) bond motifs is 1. The van der Waals surface area contributed by atoms with E-state index in [0.29, 0.717) is 11.0 Å². The quantitative estimate of drug-likeness (QED) is 0.748. The van der Waals surface area contributed by atoms with E-state index in [2.05, 4.69) is 4.98 Å². The molecule has 0 saturated carbocycles. The molecule has 0 aliphatic heterocycles. The number of para-hydroxylation sites is 2. The predicted molar refractivity (Wildman–Crippen MR) is 64.6 cm³/mol. The molecule has 17 heavy (non-hydrogen) atoms. The van der Waals surface area contributed by atoms with Crippen molar-refractivity contribution in [2.24, 2.45) is 5.41 Å². The maximum Gasteiger partial charge on any atom is 0.203 e. The van der Waals surface area contributed by atoms with Crippen LogP contribution in [0.5, 0.6) is 0 Å². The van der Waals surface area contributed by atoms with Gasteiger partial charge in [0.1, 0.15) is 0 Å². The van der Waals surface area contributed by atoms with E-state index in [9.17, 15) is 9.18 Å². The molecule has 0 unspecified atom stereocenters. The average molecular weight is 234 g/mol. The summed E-state index contributed by atoms with van der Waals surface area (Å²) in [5, 5.41) is 0. The molecule has 0 atom stereocenters. The SMILES string of the molecule is CC(C)(C)C(=O)c1nc2ccccc2n1CF. The first kappa shape index (κ1) is 11.8. The summed E-state index contributed by atoms with van der Waals surface area (Å²) >= 11 is 0. The van der Waals surface area contributed by atoms with Gasteiger partial charge in [0.05, 0.1) is 11.0 Å². The normalized spacial score (nSPS) is 12.0. The molecule has 0 aliphatic carbocycles. The third-order valence-corrected chi connectivity index (χ3v) is 2.66. The van der Waals surface area contributed by atoms with E-state index >= 15 is 0 Å². The summed E-state index contributed by atoms with van der Waals surface area (Å²) in [7, 11) is 0. The van der Waals surface area contributed by atoms with Gasteiger partial charge < -0.3 is 0 Å². The number of aromatic nitrogens is 2. The van der Waals surface area contributed by atoms with Gasteiger partial charge in [-0.25, -0.2) is 9.37 Å². The van der Waals surface area contributed by atoms with E-state index in [4.69, 9.17) is 0 Å². The van der Waals surface area contributed by atoms with Gasteiger partial charge in [0, 0.05) is 5.41 Å². The van der Waals surface area contributed by atoms with Gasteiger partial charge in [-0.3, -0.25) is 9.36 Å². The van der Waals surface area contributed by atoms with Gasteiger partial charge in [0.2, 0.25) is 5.78 Å². The smallest absolute Gasteiger partial charge is 0.203 e. The number of nitrogens with zero attached hydrogens (tertiary/aromatic N) is 2. The number of benzene rings is 1. The largest absolute Gasteiger partial charge is 0.293 e.